The van der Waals surface area contributed by atoms with Crippen LogP contribution in [0.1, 0.15) is 38.3 Å². The third-order valence-electron chi connectivity index (χ3n) is 4.55. The molecule has 3 rings (SSSR count). The molecule has 0 spiro atoms. The number of carboxylic acid groups (broad SMARTS) is 1. The first-order valence-corrected chi connectivity index (χ1v) is 7.35. The minimum atomic E-state index is -1.13. The SMILES string of the molecule is CC1(C)CC(N2CCC(N)(C(=O)O)C2)c2ccccc2O1. The maximum atomic E-state index is 11.3. The molecule has 5 heteroatoms. The zero-order chi connectivity index (χ0) is 15.3. The third-order valence-corrected chi connectivity index (χ3v) is 4.55. The van der Waals surface area contributed by atoms with Crippen LogP contribution in [-0.2, 0) is 4.79 Å². The van der Waals surface area contributed by atoms with Crippen LogP contribution in [0.5, 0.6) is 5.75 Å². The van der Waals surface area contributed by atoms with Crippen LogP contribution < -0.4 is 10.5 Å². The first-order valence-electron chi connectivity index (χ1n) is 7.35. The second-order valence-corrected chi connectivity index (χ2v) is 6.80. The normalized spacial score (nSPS) is 31.5. The summed E-state index contributed by atoms with van der Waals surface area (Å²) in [5.74, 6) is -0.0202. The zero-order valence-corrected chi connectivity index (χ0v) is 12.5. The fraction of sp³-hybridized carbons (Fsp3) is 0.562. The van der Waals surface area contributed by atoms with Crippen LogP contribution >= 0.6 is 0 Å². The van der Waals surface area contributed by atoms with Gasteiger partial charge in [-0.3, -0.25) is 9.69 Å². The number of hydrogen-bond donors (Lipinski definition) is 2. The van der Waals surface area contributed by atoms with Gasteiger partial charge in [0.1, 0.15) is 16.9 Å². The van der Waals surface area contributed by atoms with Crippen molar-refractivity contribution in [1.82, 2.24) is 4.90 Å². The van der Waals surface area contributed by atoms with Gasteiger partial charge in [-0.25, -0.2) is 0 Å². The molecule has 0 aliphatic carbocycles. The van der Waals surface area contributed by atoms with Crippen molar-refractivity contribution < 1.29 is 14.6 Å². The van der Waals surface area contributed by atoms with Crippen molar-refractivity contribution in [3.05, 3.63) is 29.8 Å². The molecule has 5 nitrogen and oxygen atoms in total. The molecule has 1 aromatic rings. The van der Waals surface area contributed by atoms with E-state index in [0.717, 1.165) is 17.7 Å². The van der Waals surface area contributed by atoms with Gasteiger partial charge in [0.15, 0.2) is 0 Å². The number of fused-ring (bicyclic) bond motifs is 1. The number of nitrogens with zero attached hydrogens (tertiary/aromatic N) is 1. The molecule has 2 heterocycles. The topological polar surface area (TPSA) is 75.8 Å². The summed E-state index contributed by atoms with van der Waals surface area (Å²) >= 11 is 0. The van der Waals surface area contributed by atoms with E-state index in [4.69, 9.17) is 10.5 Å². The summed E-state index contributed by atoms with van der Waals surface area (Å²) < 4.78 is 6.03. The van der Waals surface area contributed by atoms with Crippen LogP contribution in [0, 0.1) is 0 Å². The molecule has 1 aromatic carbocycles. The Morgan fingerprint density at radius 3 is 2.81 bits per heavy atom. The Hall–Kier alpha value is -1.59. The highest BCUT2D eigenvalue weighted by Gasteiger charge is 2.46. The first kappa shape index (κ1) is 14.4. The van der Waals surface area contributed by atoms with Crippen LogP contribution in [0.3, 0.4) is 0 Å². The number of likely N-dealkylation sites (tertiary alicyclic amines) is 1. The highest BCUT2D eigenvalue weighted by molar-refractivity contribution is 5.79. The van der Waals surface area contributed by atoms with Crippen LogP contribution in [0.4, 0.5) is 0 Å². The summed E-state index contributed by atoms with van der Waals surface area (Å²) in [6.45, 7) is 5.23. The molecular formula is C16H22N2O3. The second-order valence-electron chi connectivity index (χ2n) is 6.80. The predicted molar refractivity (Wildman–Crippen MR) is 79.3 cm³/mol. The van der Waals surface area contributed by atoms with Crippen molar-refractivity contribution in [3.63, 3.8) is 0 Å². The van der Waals surface area contributed by atoms with Crippen LogP contribution in [0.2, 0.25) is 0 Å². The van der Waals surface area contributed by atoms with Gasteiger partial charge in [0.2, 0.25) is 0 Å². The maximum absolute atomic E-state index is 11.3. The molecule has 0 aromatic heterocycles. The number of nitrogens with two attached hydrogens (primary N) is 1. The summed E-state index contributed by atoms with van der Waals surface area (Å²) in [4.78, 5) is 13.5. The number of rotatable bonds is 2. The monoisotopic (exact) mass is 290 g/mol. The lowest BCUT2D eigenvalue weighted by Gasteiger charge is -2.41. The number of hydrogen-bond acceptors (Lipinski definition) is 4. The number of para-hydroxylation sites is 1. The molecule has 114 valence electrons. The van der Waals surface area contributed by atoms with E-state index in [1.54, 1.807) is 0 Å². The average Bonchev–Trinajstić information content (AvgIpc) is 2.81. The van der Waals surface area contributed by atoms with Gasteiger partial charge in [0, 0.05) is 31.1 Å². The van der Waals surface area contributed by atoms with E-state index in [1.165, 1.54) is 0 Å². The van der Waals surface area contributed by atoms with Crippen molar-refractivity contribution in [2.24, 2.45) is 5.73 Å². The van der Waals surface area contributed by atoms with Gasteiger partial charge < -0.3 is 15.6 Å². The van der Waals surface area contributed by atoms with E-state index in [1.807, 2.05) is 18.2 Å². The van der Waals surface area contributed by atoms with Crippen molar-refractivity contribution in [2.45, 2.75) is 43.9 Å². The third kappa shape index (κ3) is 2.51. The molecule has 2 unspecified atom stereocenters. The number of benzene rings is 1. The Kier molecular flexibility index (Phi) is 3.22. The molecule has 1 saturated heterocycles. The molecule has 1 fully saturated rings. The molecule has 0 radical (unpaired) electrons. The number of carboxylic acids is 1. The Balaban J connectivity index is 1.91. The fourth-order valence-corrected chi connectivity index (χ4v) is 3.39. The Bertz CT molecular complexity index is 572. The molecule has 3 N–H and O–H groups in total. The van der Waals surface area contributed by atoms with Gasteiger partial charge in [0.25, 0.3) is 0 Å². The van der Waals surface area contributed by atoms with Crippen molar-refractivity contribution in [1.29, 1.82) is 0 Å². The van der Waals surface area contributed by atoms with E-state index >= 15 is 0 Å². The predicted octanol–water partition coefficient (Wildman–Crippen LogP) is 1.78. The second kappa shape index (κ2) is 4.71. The summed E-state index contributed by atoms with van der Waals surface area (Å²) in [5, 5.41) is 9.31. The molecule has 2 aliphatic heterocycles. The van der Waals surface area contributed by atoms with Gasteiger partial charge in [-0.2, -0.15) is 0 Å². The van der Waals surface area contributed by atoms with E-state index in [2.05, 4.69) is 24.8 Å². The van der Waals surface area contributed by atoms with Crippen LogP contribution in [0.25, 0.3) is 0 Å². The maximum Gasteiger partial charge on any atom is 0.325 e. The number of aliphatic carboxylic acids is 1. The number of carbonyl (C=O) groups is 1. The van der Waals surface area contributed by atoms with Gasteiger partial charge in [-0.1, -0.05) is 18.2 Å². The lowest BCUT2D eigenvalue weighted by atomic mass is 9.88. The van der Waals surface area contributed by atoms with Gasteiger partial charge in [0.05, 0.1) is 0 Å². The standard InChI is InChI=1S/C16H22N2O3/c1-15(2)9-12(11-5-3-4-6-13(11)21-15)18-8-7-16(17,10-18)14(19)20/h3-6,12H,7-10,17H2,1-2H3,(H,19,20). The highest BCUT2D eigenvalue weighted by atomic mass is 16.5. The molecule has 2 atom stereocenters. The van der Waals surface area contributed by atoms with Crippen LogP contribution in [0.15, 0.2) is 24.3 Å². The highest BCUT2D eigenvalue weighted by Crippen LogP contribution is 2.44. The van der Waals surface area contributed by atoms with E-state index in [9.17, 15) is 9.90 Å². The minimum absolute atomic E-state index is 0.162. The van der Waals surface area contributed by atoms with Crippen molar-refractivity contribution in [3.8, 4) is 5.75 Å². The van der Waals surface area contributed by atoms with E-state index in [-0.39, 0.29) is 11.6 Å². The summed E-state index contributed by atoms with van der Waals surface area (Å²) in [6.07, 6.45) is 1.32. The molecule has 2 aliphatic rings. The molecular weight excluding hydrogens is 268 g/mol. The zero-order valence-electron chi connectivity index (χ0n) is 12.5. The smallest absolute Gasteiger partial charge is 0.325 e. The van der Waals surface area contributed by atoms with Gasteiger partial charge >= 0.3 is 5.97 Å². The molecule has 0 saturated carbocycles. The Morgan fingerprint density at radius 1 is 1.43 bits per heavy atom. The van der Waals surface area contributed by atoms with Crippen LogP contribution in [-0.4, -0.2) is 40.2 Å². The first-order chi connectivity index (χ1) is 9.81. The summed E-state index contributed by atoms with van der Waals surface area (Å²) in [6, 6.07) is 8.16. The Morgan fingerprint density at radius 2 is 2.14 bits per heavy atom. The number of ether oxygens (including phenoxy) is 1. The fourth-order valence-electron chi connectivity index (χ4n) is 3.39. The Labute approximate surface area is 124 Å². The van der Waals surface area contributed by atoms with E-state index in [0.29, 0.717) is 19.5 Å². The molecule has 0 bridgehead atoms. The largest absolute Gasteiger partial charge is 0.487 e. The average molecular weight is 290 g/mol. The lowest BCUT2D eigenvalue weighted by molar-refractivity contribution is -0.142. The van der Waals surface area contributed by atoms with Crippen molar-refractivity contribution in [2.75, 3.05) is 13.1 Å². The lowest BCUT2D eigenvalue weighted by Crippen LogP contribution is -2.51. The minimum Gasteiger partial charge on any atom is -0.487 e. The summed E-state index contributed by atoms with van der Waals surface area (Å²) in [7, 11) is 0. The quantitative estimate of drug-likeness (QED) is 0.868. The molecule has 21 heavy (non-hydrogen) atoms. The van der Waals surface area contributed by atoms with Crippen molar-refractivity contribution >= 4 is 5.97 Å². The van der Waals surface area contributed by atoms with Gasteiger partial charge in [-0.05, 0) is 26.3 Å². The summed E-state index contributed by atoms with van der Waals surface area (Å²) in [5.41, 5.74) is 5.76. The van der Waals surface area contributed by atoms with E-state index < -0.39 is 11.5 Å². The van der Waals surface area contributed by atoms with Gasteiger partial charge in [-0.15, -0.1) is 0 Å². The molecule has 0 amide bonds.